The Kier molecular flexibility index (Phi) is 4.28. The number of hydrogen-bond acceptors (Lipinski definition) is 5. The normalized spacial score (nSPS) is 13.0. The largest absolute Gasteiger partial charge is 0.377 e. The van der Waals surface area contributed by atoms with Crippen LogP contribution in [0.15, 0.2) is 17.3 Å². The quantitative estimate of drug-likeness (QED) is 0.787. The van der Waals surface area contributed by atoms with Crippen molar-refractivity contribution < 1.29 is 4.74 Å². The highest BCUT2D eigenvalue weighted by molar-refractivity contribution is 5.72. The van der Waals surface area contributed by atoms with E-state index in [1.807, 2.05) is 6.92 Å². The second kappa shape index (κ2) is 5.94. The van der Waals surface area contributed by atoms with Gasteiger partial charge in [0.05, 0.1) is 18.6 Å². The average molecular weight is 265 g/mol. The molecule has 0 saturated carbocycles. The first-order valence-corrected chi connectivity index (χ1v) is 6.36. The van der Waals surface area contributed by atoms with Crippen molar-refractivity contribution in [1.82, 2.24) is 19.3 Å². The van der Waals surface area contributed by atoms with Gasteiger partial charge < -0.3 is 10.5 Å². The summed E-state index contributed by atoms with van der Waals surface area (Å²) in [5.41, 5.74) is 6.13. The fourth-order valence-electron chi connectivity index (χ4n) is 2.01. The van der Waals surface area contributed by atoms with Crippen molar-refractivity contribution in [2.24, 2.45) is 12.8 Å². The van der Waals surface area contributed by atoms with Gasteiger partial charge in [0.2, 0.25) is 0 Å². The molecule has 7 heteroatoms. The lowest BCUT2D eigenvalue weighted by atomic mass is 10.2. The molecule has 0 radical (unpaired) electrons. The van der Waals surface area contributed by atoms with Crippen LogP contribution in [0.4, 0.5) is 0 Å². The Labute approximate surface area is 111 Å². The van der Waals surface area contributed by atoms with Crippen LogP contribution in [0.3, 0.4) is 0 Å². The number of ether oxygens (including phenoxy) is 1. The van der Waals surface area contributed by atoms with E-state index >= 15 is 0 Å². The number of hydrogen-bond donors (Lipinski definition) is 1. The molecule has 1 atom stereocenters. The highest BCUT2D eigenvalue weighted by atomic mass is 16.5. The van der Waals surface area contributed by atoms with Gasteiger partial charge in [-0.25, -0.2) is 4.98 Å². The molecule has 19 heavy (non-hydrogen) atoms. The molecule has 7 nitrogen and oxygen atoms in total. The second-order valence-electron chi connectivity index (χ2n) is 4.35. The summed E-state index contributed by atoms with van der Waals surface area (Å²) in [7, 11) is 1.76. The third-order valence-electron chi connectivity index (χ3n) is 3.08. The molecule has 0 aliphatic heterocycles. The van der Waals surface area contributed by atoms with E-state index in [0.717, 1.165) is 0 Å². The average Bonchev–Trinajstić information content (AvgIpc) is 2.79. The summed E-state index contributed by atoms with van der Waals surface area (Å²) in [5, 5.41) is 4.57. The van der Waals surface area contributed by atoms with Crippen LogP contribution >= 0.6 is 0 Å². The highest BCUT2D eigenvalue weighted by Gasteiger charge is 2.10. The molecule has 0 saturated heterocycles. The van der Waals surface area contributed by atoms with Gasteiger partial charge in [0.15, 0.2) is 5.65 Å². The SMILES string of the molecule is CCOC(CN)CCn1cnc2c(cnn2C)c1=O. The van der Waals surface area contributed by atoms with Crippen molar-refractivity contribution in [3.05, 3.63) is 22.9 Å². The molecule has 104 valence electrons. The van der Waals surface area contributed by atoms with E-state index in [9.17, 15) is 4.79 Å². The fraction of sp³-hybridized carbons (Fsp3) is 0.583. The van der Waals surface area contributed by atoms with E-state index < -0.39 is 0 Å². The zero-order valence-electron chi connectivity index (χ0n) is 11.2. The fourth-order valence-corrected chi connectivity index (χ4v) is 2.01. The van der Waals surface area contributed by atoms with E-state index in [0.29, 0.717) is 37.2 Å². The van der Waals surface area contributed by atoms with Gasteiger partial charge in [-0.3, -0.25) is 14.0 Å². The Balaban J connectivity index is 2.17. The van der Waals surface area contributed by atoms with Crippen molar-refractivity contribution >= 4 is 11.0 Å². The smallest absolute Gasteiger partial charge is 0.264 e. The van der Waals surface area contributed by atoms with Crippen LogP contribution < -0.4 is 11.3 Å². The zero-order chi connectivity index (χ0) is 13.8. The maximum atomic E-state index is 12.2. The van der Waals surface area contributed by atoms with Gasteiger partial charge in [0.25, 0.3) is 5.56 Å². The monoisotopic (exact) mass is 265 g/mol. The summed E-state index contributed by atoms with van der Waals surface area (Å²) < 4.78 is 8.63. The van der Waals surface area contributed by atoms with Gasteiger partial charge in [-0.1, -0.05) is 0 Å². The van der Waals surface area contributed by atoms with E-state index in [-0.39, 0.29) is 11.7 Å². The van der Waals surface area contributed by atoms with Gasteiger partial charge in [-0.2, -0.15) is 5.10 Å². The summed E-state index contributed by atoms with van der Waals surface area (Å²) in [4.78, 5) is 16.4. The van der Waals surface area contributed by atoms with Crippen LogP contribution in [0.2, 0.25) is 0 Å². The van der Waals surface area contributed by atoms with Crippen LogP contribution in [-0.4, -0.2) is 38.6 Å². The predicted molar refractivity (Wildman–Crippen MR) is 71.9 cm³/mol. The minimum Gasteiger partial charge on any atom is -0.377 e. The summed E-state index contributed by atoms with van der Waals surface area (Å²) in [6, 6.07) is 0. The molecule has 2 heterocycles. The van der Waals surface area contributed by atoms with Crippen LogP contribution in [0, 0.1) is 0 Å². The zero-order valence-corrected chi connectivity index (χ0v) is 11.2. The molecule has 0 aliphatic rings. The van der Waals surface area contributed by atoms with E-state index in [1.165, 1.54) is 0 Å². The van der Waals surface area contributed by atoms with Gasteiger partial charge in [0.1, 0.15) is 5.39 Å². The van der Waals surface area contributed by atoms with Crippen LogP contribution in [0.1, 0.15) is 13.3 Å². The maximum Gasteiger partial charge on any atom is 0.264 e. The highest BCUT2D eigenvalue weighted by Crippen LogP contribution is 2.04. The summed E-state index contributed by atoms with van der Waals surface area (Å²) in [6.07, 6.45) is 3.76. The van der Waals surface area contributed by atoms with Crippen LogP contribution in [0.5, 0.6) is 0 Å². The lowest BCUT2D eigenvalue weighted by Crippen LogP contribution is -2.28. The Bertz CT molecular complexity index is 604. The number of nitrogens with zero attached hydrogens (tertiary/aromatic N) is 4. The van der Waals surface area contributed by atoms with E-state index in [4.69, 9.17) is 10.5 Å². The molecule has 2 aromatic rings. The number of nitrogens with two attached hydrogens (primary N) is 1. The predicted octanol–water partition coefficient (Wildman–Crippen LogP) is -0.116. The Morgan fingerprint density at radius 2 is 2.32 bits per heavy atom. The summed E-state index contributed by atoms with van der Waals surface area (Å²) >= 11 is 0. The van der Waals surface area contributed by atoms with E-state index in [2.05, 4.69) is 10.1 Å². The first-order valence-electron chi connectivity index (χ1n) is 6.36. The second-order valence-corrected chi connectivity index (χ2v) is 4.35. The lowest BCUT2D eigenvalue weighted by Gasteiger charge is -2.15. The Morgan fingerprint density at radius 1 is 1.53 bits per heavy atom. The van der Waals surface area contributed by atoms with Gasteiger partial charge >= 0.3 is 0 Å². The Hall–Kier alpha value is -1.73. The maximum absolute atomic E-state index is 12.2. The molecule has 0 aliphatic carbocycles. The standard InChI is InChI=1S/C12H19N5O2/c1-3-19-9(6-13)4-5-17-8-14-11-10(12(17)18)7-15-16(11)2/h7-9H,3-6,13H2,1-2H3. The van der Waals surface area contributed by atoms with Crippen LogP contribution in [0.25, 0.3) is 11.0 Å². The van der Waals surface area contributed by atoms with Crippen molar-refractivity contribution in [1.29, 1.82) is 0 Å². The summed E-state index contributed by atoms with van der Waals surface area (Å²) in [6.45, 7) is 3.54. The van der Waals surface area contributed by atoms with Crippen molar-refractivity contribution in [2.75, 3.05) is 13.2 Å². The Morgan fingerprint density at radius 3 is 3.00 bits per heavy atom. The van der Waals surface area contributed by atoms with Gasteiger partial charge in [-0.05, 0) is 13.3 Å². The third kappa shape index (κ3) is 2.82. The first-order chi connectivity index (χ1) is 9.17. The van der Waals surface area contributed by atoms with Crippen molar-refractivity contribution in [3.8, 4) is 0 Å². The first kappa shape index (κ1) is 13.7. The molecule has 2 aromatic heterocycles. The number of aryl methyl sites for hydroxylation is 2. The lowest BCUT2D eigenvalue weighted by molar-refractivity contribution is 0.0597. The summed E-state index contributed by atoms with van der Waals surface area (Å²) in [5.74, 6) is 0. The topological polar surface area (TPSA) is 88.0 Å². The van der Waals surface area contributed by atoms with Gasteiger partial charge in [0, 0.05) is 26.7 Å². The molecule has 2 rings (SSSR count). The van der Waals surface area contributed by atoms with Crippen LogP contribution in [-0.2, 0) is 18.3 Å². The minimum atomic E-state index is -0.0784. The number of rotatable bonds is 6. The molecule has 0 fully saturated rings. The van der Waals surface area contributed by atoms with E-state index in [1.54, 1.807) is 28.8 Å². The molecule has 0 spiro atoms. The van der Waals surface area contributed by atoms with Crippen molar-refractivity contribution in [3.63, 3.8) is 0 Å². The number of fused-ring (bicyclic) bond motifs is 1. The number of aromatic nitrogens is 4. The minimum absolute atomic E-state index is 0.0264. The third-order valence-corrected chi connectivity index (χ3v) is 3.08. The molecule has 1 unspecified atom stereocenters. The molecular formula is C12H19N5O2. The molecule has 2 N–H and O–H groups in total. The van der Waals surface area contributed by atoms with Gasteiger partial charge in [-0.15, -0.1) is 0 Å². The molecule has 0 bridgehead atoms. The molecule has 0 amide bonds. The molecule has 0 aromatic carbocycles. The van der Waals surface area contributed by atoms with Crippen molar-refractivity contribution in [2.45, 2.75) is 26.0 Å². The molecular weight excluding hydrogens is 246 g/mol.